The average Bonchev–Trinajstić information content (AvgIpc) is 3.35. The van der Waals surface area contributed by atoms with Crippen LogP contribution in [0.3, 0.4) is 0 Å². The first kappa shape index (κ1) is 14.9. The van der Waals surface area contributed by atoms with E-state index in [1.54, 1.807) is 6.20 Å². The van der Waals surface area contributed by atoms with Gasteiger partial charge in [-0.05, 0) is 48.2 Å². The van der Waals surface area contributed by atoms with Gasteiger partial charge in [0, 0.05) is 53.3 Å². The van der Waals surface area contributed by atoms with E-state index in [9.17, 15) is 0 Å². The molecule has 2 aliphatic carbocycles. The van der Waals surface area contributed by atoms with Crippen LogP contribution in [0.15, 0.2) is 67.3 Å². The predicted octanol–water partition coefficient (Wildman–Crippen LogP) is 4.66. The van der Waals surface area contributed by atoms with E-state index in [-0.39, 0.29) is 0 Å². The Bertz CT molecular complexity index is 1200. The Morgan fingerprint density at radius 1 is 0.963 bits per heavy atom. The van der Waals surface area contributed by atoms with E-state index in [2.05, 4.69) is 46.5 Å². The van der Waals surface area contributed by atoms with Crippen LogP contribution in [0, 0.1) is 0 Å². The van der Waals surface area contributed by atoms with Crippen LogP contribution >= 0.6 is 0 Å². The van der Waals surface area contributed by atoms with Crippen molar-refractivity contribution in [2.45, 2.75) is 25.2 Å². The molecule has 2 aliphatic rings. The highest BCUT2D eigenvalue weighted by atomic mass is 15.2. The predicted molar refractivity (Wildman–Crippen MR) is 105 cm³/mol. The summed E-state index contributed by atoms with van der Waals surface area (Å²) < 4.78 is 1.93. The third-order valence-electron chi connectivity index (χ3n) is 5.59. The number of allylic oxidation sites excluding steroid dienone is 1. The first-order chi connectivity index (χ1) is 13.4. The van der Waals surface area contributed by atoms with Gasteiger partial charge in [-0.1, -0.05) is 18.2 Å². The second kappa shape index (κ2) is 5.61. The molecule has 6 rings (SSSR count). The highest BCUT2D eigenvalue weighted by Crippen LogP contribution is 2.41. The molecular formula is C23H18N4. The molecule has 0 aliphatic heterocycles. The van der Waals surface area contributed by atoms with Crippen molar-refractivity contribution in [3.63, 3.8) is 0 Å². The fourth-order valence-electron chi connectivity index (χ4n) is 4.00. The van der Waals surface area contributed by atoms with Crippen molar-refractivity contribution < 1.29 is 0 Å². The molecule has 0 radical (unpaired) electrons. The van der Waals surface area contributed by atoms with Gasteiger partial charge in [0.05, 0.1) is 17.4 Å². The van der Waals surface area contributed by atoms with E-state index in [0.717, 1.165) is 23.1 Å². The Morgan fingerprint density at radius 3 is 2.78 bits per heavy atom. The van der Waals surface area contributed by atoms with Crippen molar-refractivity contribution in [1.29, 1.82) is 0 Å². The maximum Gasteiger partial charge on any atom is 0.0746 e. The molecule has 0 aromatic carbocycles. The lowest BCUT2D eigenvalue weighted by molar-refractivity contribution is 0.960. The van der Waals surface area contributed by atoms with Gasteiger partial charge in [0.2, 0.25) is 0 Å². The number of nitrogens with zero attached hydrogens (tertiary/aromatic N) is 4. The lowest BCUT2D eigenvalue weighted by Gasteiger charge is -2.08. The molecule has 0 bridgehead atoms. The third-order valence-corrected chi connectivity index (χ3v) is 5.59. The molecule has 0 N–H and O–H groups in total. The van der Waals surface area contributed by atoms with Gasteiger partial charge < -0.3 is 0 Å². The van der Waals surface area contributed by atoms with Gasteiger partial charge in [0.25, 0.3) is 0 Å². The zero-order valence-electron chi connectivity index (χ0n) is 14.8. The Morgan fingerprint density at radius 2 is 1.93 bits per heavy atom. The number of rotatable bonds is 3. The number of pyridine rings is 3. The maximum absolute atomic E-state index is 4.93. The molecule has 4 aromatic heterocycles. The van der Waals surface area contributed by atoms with E-state index < -0.39 is 0 Å². The van der Waals surface area contributed by atoms with Crippen LogP contribution in [-0.2, 0) is 6.42 Å². The minimum absolute atomic E-state index is 0.699. The Hall–Kier alpha value is -3.27. The molecule has 1 fully saturated rings. The Labute approximate surface area is 157 Å². The van der Waals surface area contributed by atoms with Crippen molar-refractivity contribution in [1.82, 2.24) is 19.6 Å². The minimum Gasteiger partial charge on any atom is -0.264 e. The molecule has 4 nitrogen and oxygen atoms in total. The molecule has 4 heteroatoms. The van der Waals surface area contributed by atoms with Crippen LogP contribution in [-0.4, -0.2) is 19.6 Å². The van der Waals surface area contributed by atoms with Gasteiger partial charge in [0.15, 0.2) is 0 Å². The van der Waals surface area contributed by atoms with Gasteiger partial charge in [0.1, 0.15) is 0 Å². The van der Waals surface area contributed by atoms with E-state index in [1.165, 1.54) is 40.9 Å². The van der Waals surface area contributed by atoms with Crippen LogP contribution in [0.5, 0.6) is 0 Å². The molecule has 0 spiro atoms. The van der Waals surface area contributed by atoms with Gasteiger partial charge >= 0.3 is 0 Å². The average molecular weight is 350 g/mol. The number of hydrogen-bond acceptors (Lipinski definition) is 3. The molecule has 0 amide bonds. The van der Waals surface area contributed by atoms with E-state index in [4.69, 9.17) is 4.98 Å². The number of aromatic nitrogens is 4. The largest absolute Gasteiger partial charge is 0.264 e. The molecule has 130 valence electrons. The minimum atomic E-state index is 0.699. The molecular weight excluding hydrogens is 332 g/mol. The summed E-state index contributed by atoms with van der Waals surface area (Å²) in [5.41, 5.74) is 9.54. The zero-order valence-corrected chi connectivity index (χ0v) is 14.8. The lowest BCUT2D eigenvalue weighted by atomic mass is 10.00. The first-order valence-electron chi connectivity index (χ1n) is 9.45. The highest BCUT2D eigenvalue weighted by Gasteiger charge is 2.27. The fourth-order valence-corrected chi connectivity index (χ4v) is 4.00. The summed E-state index contributed by atoms with van der Waals surface area (Å²) >= 11 is 0. The summed E-state index contributed by atoms with van der Waals surface area (Å²) in [7, 11) is 0. The van der Waals surface area contributed by atoms with E-state index in [0.29, 0.717) is 5.92 Å². The summed E-state index contributed by atoms with van der Waals surface area (Å²) in [6, 6.07) is 12.9. The Balaban J connectivity index is 1.44. The van der Waals surface area contributed by atoms with Gasteiger partial charge in [-0.2, -0.15) is 5.10 Å². The van der Waals surface area contributed by atoms with Crippen molar-refractivity contribution >= 4 is 11.1 Å². The first-order valence-corrected chi connectivity index (χ1v) is 9.45. The third kappa shape index (κ3) is 2.40. The number of fused-ring (bicyclic) bond motifs is 2. The molecule has 4 heterocycles. The Kier molecular flexibility index (Phi) is 3.09. The van der Waals surface area contributed by atoms with Crippen LogP contribution in [0.2, 0.25) is 0 Å². The quantitative estimate of drug-likeness (QED) is 0.540. The van der Waals surface area contributed by atoms with Crippen LogP contribution in [0.1, 0.15) is 41.3 Å². The summed E-state index contributed by atoms with van der Waals surface area (Å²) in [5, 5.41) is 4.50. The highest BCUT2D eigenvalue weighted by molar-refractivity contribution is 5.88. The maximum atomic E-state index is 4.93. The smallest absolute Gasteiger partial charge is 0.0746 e. The monoisotopic (exact) mass is 350 g/mol. The second-order valence-corrected chi connectivity index (χ2v) is 7.37. The molecule has 27 heavy (non-hydrogen) atoms. The summed E-state index contributed by atoms with van der Waals surface area (Å²) in [6.45, 7) is 0. The van der Waals surface area contributed by atoms with Gasteiger partial charge in [-0.15, -0.1) is 0 Å². The van der Waals surface area contributed by atoms with Crippen LogP contribution in [0.4, 0.5) is 0 Å². The summed E-state index contributed by atoms with van der Waals surface area (Å²) in [4.78, 5) is 9.18. The van der Waals surface area contributed by atoms with E-state index in [1.807, 2.05) is 29.2 Å². The van der Waals surface area contributed by atoms with Gasteiger partial charge in [-0.3, -0.25) is 9.97 Å². The SMILES string of the molecule is C1=C(c2ccn3ncc(-c4cccnc4)c3c2)c2ccc(C3CC3)nc2C1. The molecule has 1 saturated carbocycles. The second-order valence-electron chi connectivity index (χ2n) is 7.37. The summed E-state index contributed by atoms with van der Waals surface area (Å²) in [5.74, 6) is 0.699. The fraction of sp³-hybridized carbons (Fsp3) is 0.174. The van der Waals surface area contributed by atoms with Crippen molar-refractivity contribution in [3.8, 4) is 11.1 Å². The molecule has 0 unspecified atom stereocenters. The van der Waals surface area contributed by atoms with E-state index >= 15 is 0 Å². The van der Waals surface area contributed by atoms with Crippen molar-refractivity contribution in [2.24, 2.45) is 0 Å². The lowest BCUT2D eigenvalue weighted by Crippen LogP contribution is -1.96. The standard InChI is InChI=1S/C23H18N4/c1-2-17(13-24-10-1)20-14-25-27-11-9-16(12-23(20)27)18-5-8-22-19(18)6-7-21(26-22)15-3-4-15/h1-2,5-7,9-15H,3-4,8H2. The zero-order chi connectivity index (χ0) is 17.8. The van der Waals surface area contributed by atoms with Gasteiger partial charge in [-0.25, -0.2) is 4.52 Å². The normalized spacial score (nSPS) is 15.8. The topological polar surface area (TPSA) is 43.1 Å². The van der Waals surface area contributed by atoms with Crippen LogP contribution < -0.4 is 0 Å². The van der Waals surface area contributed by atoms with Crippen molar-refractivity contribution in [3.05, 3.63) is 89.8 Å². The number of hydrogen-bond donors (Lipinski definition) is 0. The summed E-state index contributed by atoms with van der Waals surface area (Å²) in [6.07, 6.45) is 13.4. The van der Waals surface area contributed by atoms with Crippen LogP contribution in [0.25, 0.3) is 22.2 Å². The molecule has 0 saturated heterocycles. The molecule has 0 atom stereocenters. The molecule has 4 aromatic rings. The van der Waals surface area contributed by atoms with Crippen molar-refractivity contribution in [2.75, 3.05) is 0 Å².